The van der Waals surface area contributed by atoms with Crippen LogP contribution in [-0.2, 0) is 4.74 Å². The third-order valence-corrected chi connectivity index (χ3v) is 3.51. The second-order valence-electron chi connectivity index (χ2n) is 4.37. The number of rotatable bonds is 3. The lowest BCUT2D eigenvalue weighted by Gasteiger charge is -2.27. The first-order valence-corrected chi connectivity index (χ1v) is 7.15. The van der Waals surface area contributed by atoms with Crippen LogP contribution in [0.3, 0.4) is 0 Å². The second-order valence-corrected chi connectivity index (χ2v) is 5.29. The number of nitrogens with one attached hydrogen (secondary N) is 1. The summed E-state index contributed by atoms with van der Waals surface area (Å²) in [7, 11) is 0. The van der Waals surface area contributed by atoms with Gasteiger partial charge in [-0.05, 0) is 24.3 Å². The fraction of sp³-hybridized carbons (Fsp3) is 0.308. The number of hydrogen-bond donors (Lipinski definition) is 1. The van der Waals surface area contributed by atoms with Gasteiger partial charge in [0.15, 0.2) is 5.82 Å². The fourth-order valence-corrected chi connectivity index (χ4v) is 2.22. The SMILES string of the molecule is Brc1ccc(Nc2nncc(N3CCOCC3)n2)cc1. The molecular formula is C13H14BrN5O. The maximum atomic E-state index is 5.33. The van der Waals surface area contributed by atoms with Crippen LogP contribution < -0.4 is 10.2 Å². The smallest absolute Gasteiger partial charge is 0.249 e. The van der Waals surface area contributed by atoms with Crippen molar-refractivity contribution in [2.75, 3.05) is 36.5 Å². The van der Waals surface area contributed by atoms with Crippen LogP contribution in [-0.4, -0.2) is 41.5 Å². The van der Waals surface area contributed by atoms with Crippen molar-refractivity contribution in [2.24, 2.45) is 0 Å². The average Bonchev–Trinajstić information content (AvgIpc) is 2.51. The Bertz CT molecular complexity index is 571. The third-order valence-electron chi connectivity index (χ3n) is 2.98. The lowest BCUT2D eigenvalue weighted by atomic mass is 10.3. The zero-order chi connectivity index (χ0) is 13.8. The monoisotopic (exact) mass is 335 g/mol. The van der Waals surface area contributed by atoms with Crippen molar-refractivity contribution in [2.45, 2.75) is 0 Å². The van der Waals surface area contributed by atoms with Gasteiger partial charge in [-0.1, -0.05) is 15.9 Å². The number of hydrogen-bond acceptors (Lipinski definition) is 6. The molecule has 1 aliphatic heterocycles. The van der Waals surface area contributed by atoms with Crippen LogP contribution in [0.4, 0.5) is 17.5 Å². The van der Waals surface area contributed by atoms with E-state index in [0.717, 1.165) is 42.3 Å². The Balaban J connectivity index is 1.75. The number of benzene rings is 1. The molecule has 0 spiro atoms. The number of nitrogens with zero attached hydrogens (tertiary/aromatic N) is 4. The lowest BCUT2D eigenvalue weighted by Crippen LogP contribution is -2.36. The van der Waals surface area contributed by atoms with Crippen molar-refractivity contribution >= 4 is 33.4 Å². The summed E-state index contributed by atoms with van der Waals surface area (Å²) in [5.41, 5.74) is 0.925. The predicted octanol–water partition coefficient (Wildman–Crippen LogP) is 2.21. The highest BCUT2D eigenvalue weighted by molar-refractivity contribution is 9.10. The van der Waals surface area contributed by atoms with Crippen molar-refractivity contribution in [1.29, 1.82) is 0 Å². The minimum absolute atomic E-state index is 0.497. The van der Waals surface area contributed by atoms with Crippen LogP contribution in [0.2, 0.25) is 0 Å². The molecule has 0 unspecified atom stereocenters. The first kappa shape index (κ1) is 13.3. The molecule has 3 rings (SSSR count). The Morgan fingerprint density at radius 1 is 1.15 bits per heavy atom. The van der Waals surface area contributed by atoms with Gasteiger partial charge in [0.25, 0.3) is 0 Å². The Hall–Kier alpha value is -1.73. The summed E-state index contributed by atoms with van der Waals surface area (Å²) in [5, 5.41) is 11.2. The van der Waals surface area contributed by atoms with Gasteiger partial charge >= 0.3 is 0 Å². The molecule has 0 aliphatic carbocycles. The second kappa shape index (κ2) is 6.15. The third kappa shape index (κ3) is 3.23. The van der Waals surface area contributed by atoms with Crippen LogP contribution >= 0.6 is 15.9 Å². The first-order chi connectivity index (χ1) is 9.81. The summed E-state index contributed by atoms with van der Waals surface area (Å²) in [6, 6.07) is 7.83. The maximum Gasteiger partial charge on any atom is 0.249 e. The number of morpholine rings is 1. The Morgan fingerprint density at radius 3 is 2.65 bits per heavy atom. The highest BCUT2D eigenvalue weighted by Crippen LogP contribution is 2.18. The van der Waals surface area contributed by atoms with Gasteiger partial charge in [-0.2, -0.15) is 10.1 Å². The number of halogens is 1. The molecule has 2 aromatic rings. The molecule has 2 heterocycles. The molecule has 0 bridgehead atoms. The Labute approximate surface area is 125 Å². The van der Waals surface area contributed by atoms with Crippen molar-refractivity contribution < 1.29 is 4.74 Å². The Morgan fingerprint density at radius 2 is 1.90 bits per heavy atom. The predicted molar refractivity (Wildman–Crippen MR) is 80.3 cm³/mol. The zero-order valence-electron chi connectivity index (χ0n) is 10.8. The standard InChI is InChI=1S/C13H14BrN5O/c14-10-1-3-11(4-2-10)16-13-17-12(9-15-18-13)19-5-7-20-8-6-19/h1-4,9H,5-8H2,(H,16,17,18). The Kier molecular flexibility index (Phi) is 4.08. The zero-order valence-corrected chi connectivity index (χ0v) is 12.4. The van der Waals surface area contributed by atoms with Crippen LogP contribution in [0.5, 0.6) is 0 Å². The van der Waals surface area contributed by atoms with E-state index in [2.05, 4.69) is 41.3 Å². The number of anilines is 3. The summed E-state index contributed by atoms with van der Waals surface area (Å²) in [5.74, 6) is 1.32. The topological polar surface area (TPSA) is 63.2 Å². The summed E-state index contributed by atoms with van der Waals surface area (Å²) in [4.78, 5) is 6.63. The maximum absolute atomic E-state index is 5.33. The highest BCUT2D eigenvalue weighted by atomic mass is 79.9. The molecule has 0 amide bonds. The van der Waals surface area contributed by atoms with E-state index >= 15 is 0 Å². The van der Waals surface area contributed by atoms with Crippen molar-refractivity contribution in [1.82, 2.24) is 15.2 Å². The molecule has 1 aliphatic rings. The van der Waals surface area contributed by atoms with Gasteiger partial charge in [0.2, 0.25) is 5.95 Å². The molecule has 0 saturated carbocycles. The first-order valence-electron chi connectivity index (χ1n) is 6.36. The fourth-order valence-electron chi connectivity index (χ4n) is 1.96. The molecule has 1 aromatic carbocycles. The summed E-state index contributed by atoms with van der Waals surface area (Å²) < 4.78 is 6.36. The largest absolute Gasteiger partial charge is 0.378 e. The molecule has 104 valence electrons. The highest BCUT2D eigenvalue weighted by Gasteiger charge is 2.13. The molecule has 7 heteroatoms. The van der Waals surface area contributed by atoms with Crippen LogP contribution in [0, 0.1) is 0 Å². The van der Waals surface area contributed by atoms with Gasteiger partial charge in [-0.3, -0.25) is 0 Å². The van der Waals surface area contributed by atoms with E-state index < -0.39 is 0 Å². The quantitative estimate of drug-likeness (QED) is 0.927. The number of aromatic nitrogens is 3. The molecule has 1 saturated heterocycles. The van der Waals surface area contributed by atoms with Crippen LogP contribution in [0.25, 0.3) is 0 Å². The van der Waals surface area contributed by atoms with Gasteiger partial charge in [0.05, 0.1) is 19.4 Å². The van der Waals surface area contributed by atoms with Crippen LogP contribution in [0.15, 0.2) is 34.9 Å². The van der Waals surface area contributed by atoms with E-state index in [-0.39, 0.29) is 0 Å². The minimum atomic E-state index is 0.497. The molecule has 1 N–H and O–H groups in total. The number of ether oxygens (including phenoxy) is 1. The molecule has 1 fully saturated rings. The summed E-state index contributed by atoms with van der Waals surface area (Å²) in [6.07, 6.45) is 1.68. The van der Waals surface area contributed by atoms with Crippen molar-refractivity contribution in [3.63, 3.8) is 0 Å². The van der Waals surface area contributed by atoms with Gasteiger partial charge in [0, 0.05) is 23.2 Å². The van der Waals surface area contributed by atoms with Crippen molar-refractivity contribution in [3.8, 4) is 0 Å². The normalized spacial score (nSPS) is 15.2. The van der Waals surface area contributed by atoms with Gasteiger partial charge in [-0.25, -0.2) is 0 Å². The van der Waals surface area contributed by atoms with E-state index in [4.69, 9.17) is 4.74 Å². The van der Waals surface area contributed by atoms with Gasteiger partial charge in [0.1, 0.15) is 0 Å². The molecule has 0 atom stereocenters. The molecule has 1 aromatic heterocycles. The molecule has 6 nitrogen and oxygen atoms in total. The van der Waals surface area contributed by atoms with Gasteiger partial charge < -0.3 is 15.0 Å². The van der Waals surface area contributed by atoms with E-state index in [1.807, 2.05) is 24.3 Å². The van der Waals surface area contributed by atoms with Crippen LogP contribution in [0.1, 0.15) is 0 Å². The average molecular weight is 336 g/mol. The van der Waals surface area contributed by atoms with E-state index in [0.29, 0.717) is 5.95 Å². The summed E-state index contributed by atoms with van der Waals surface area (Å²) >= 11 is 3.40. The molecular weight excluding hydrogens is 322 g/mol. The lowest BCUT2D eigenvalue weighted by molar-refractivity contribution is 0.122. The molecule has 20 heavy (non-hydrogen) atoms. The van der Waals surface area contributed by atoms with E-state index in [1.165, 1.54) is 0 Å². The minimum Gasteiger partial charge on any atom is -0.378 e. The van der Waals surface area contributed by atoms with E-state index in [9.17, 15) is 0 Å². The van der Waals surface area contributed by atoms with Crippen molar-refractivity contribution in [3.05, 3.63) is 34.9 Å². The van der Waals surface area contributed by atoms with E-state index in [1.54, 1.807) is 6.20 Å². The molecule has 0 radical (unpaired) electrons. The summed E-state index contributed by atoms with van der Waals surface area (Å²) in [6.45, 7) is 3.10. The van der Waals surface area contributed by atoms with Gasteiger partial charge in [-0.15, -0.1) is 5.10 Å².